The molecule has 2 aliphatic heterocycles. The number of nitrogen functional groups attached to an aromatic ring is 1. The Balaban J connectivity index is 1.61. The highest BCUT2D eigenvalue weighted by molar-refractivity contribution is 7.85. The molecule has 0 unspecified atom stereocenters. The van der Waals surface area contributed by atoms with Gasteiger partial charge in [-0.05, 0) is 30.5 Å². The monoisotopic (exact) mass is 505 g/mol. The number of fused-ring (bicyclic) bond motifs is 7. The maximum Gasteiger partial charge on any atom is 0.362 e. The smallest absolute Gasteiger partial charge is 0.362 e. The van der Waals surface area contributed by atoms with Gasteiger partial charge in [-0.15, -0.1) is 0 Å². The van der Waals surface area contributed by atoms with Gasteiger partial charge in [0, 0.05) is 12.6 Å². The molecule has 1 amide bonds. The number of aryl methyl sites for hydroxylation is 2. The van der Waals surface area contributed by atoms with Crippen LogP contribution >= 0.6 is 0 Å². The second-order valence-electron chi connectivity index (χ2n) is 8.35. The molecule has 0 saturated carbocycles. The highest BCUT2D eigenvalue weighted by atomic mass is 32.2. The Bertz CT molecular complexity index is 1410. The lowest BCUT2D eigenvalue weighted by Gasteiger charge is -2.19. The molecule has 0 spiro atoms. The first kappa shape index (κ1) is 23.4. The van der Waals surface area contributed by atoms with Crippen LogP contribution in [0.5, 0.6) is 5.75 Å². The molecule has 2 aromatic heterocycles. The van der Waals surface area contributed by atoms with Crippen LogP contribution in [0.4, 0.5) is 5.69 Å². The fraction of sp³-hybridized carbons (Fsp3) is 0.381. The minimum absolute atomic E-state index is 0.192. The van der Waals surface area contributed by atoms with Crippen molar-refractivity contribution >= 4 is 33.1 Å². The van der Waals surface area contributed by atoms with E-state index in [0.29, 0.717) is 41.1 Å². The van der Waals surface area contributed by atoms with Crippen molar-refractivity contribution in [1.29, 1.82) is 0 Å². The number of aromatic nitrogens is 3. The van der Waals surface area contributed by atoms with E-state index >= 15 is 0 Å². The van der Waals surface area contributed by atoms with Crippen molar-refractivity contribution in [2.45, 2.75) is 43.8 Å². The van der Waals surface area contributed by atoms with E-state index in [1.165, 1.54) is 16.8 Å². The Morgan fingerprint density at radius 3 is 2.77 bits per heavy atom. The largest absolute Gasteiger partial charge is 0.507 e. The highest BCUT2D eigenvalue weighted by Gasteiger charge is 2.46. The minimum atomic E-state index is -4.64. The van der Waals surface area contributed by atoms with Crippen LogP contribution in [0.1, 0.15) is 34.4 Å². The number of pyridine rings is 1. The Kier molecular flexibility index (Phi) is 5.85. The number of hydrogen-bond donors (Lipinski definition) is 5. The van der Waals surface area contributed by atoms with Crippen LogP contribution in [0.25, 0.3) is 11.2 Å². The molecule has 1 fully saturated rings. The van der Waals surface area contributed by atoms with E-state index < -0.39 is 47.4 Å². The molecule has 2 aliphatic rings. The summed E-state index contributed by atoms with van der Waals surface area (Å²) in [6.45, 7) is -0.692. The van der Waals surface area contributed by atoms with Crippen LogP contribution in [-0.4, -0.2) is 69.1 Å². The van der Waals surface area contributed by atoms with Gasteiger partial charge in [0.1, 0.15) is 35.4 Å². The Labute approximate surface area is 199 Å². The topological polar surface area (TPSA) is 199 Å². The molecule has 1 aromatic carbocycles. The number of aliphatic hydroxyl groups excluding tert-OH is 2. The number of nitrogens with zero attached hydrogens (tertiary/aromatic N) is 3. The SMILES string of the molecule is Nc1ccnc2c1nc1n2[C@@H]2O[C@H](COS(=O)(=O)NC(=O)c3c(O)cccc3CCC1)[C@@H](O)[C@H]2O. The number of aliphatic hydroxyl groups is 2. The molecule has 6 N–H and O–H groups in total. The van der Waals surface area contributed by atoms with Crippen molar-refractivity contribution < 1.29 is 37.5 Å². The fourth-order valence-electron chi connectivity index (χ4n) is 4.42. The molecule has 13 nitrogen and oxygen atoms in total. The first-order chi connectivity index (χ1) is 16.7. The number of carbonyl (C=O) groups is 1. The summed E-state index contributed by atoms with van der Waals surface area (Å²) in [7, 11) is -4.64. The summed E-state index contributed by atoms with van der Waals surface area (Å²) in [6, 6.07) is 6.01. The van der Waals surface area contributed by atoms with E-state index in [2.05, 4.69) is 9.97 Å². The van der Waals surface area contributed by atoms with Crippen LogP contribution in [-0.2, 0) is 32.1 Å². The standard InChI is InChI=1S/C21H23N5O8S/c22-11-7-8-23-19-16(11)24-14-6-2-4-10-3-1-5-12(27)15(10)20(30)25-35(31,32)33-9-13-17(28)18(29)21(34-13)26(14)19/h1,3,5,7-8,13,17-18,21,27-29H,2,4,6,9H2,(H2,22,23)(H,25,30)/t13-,17-,18-,21-/m1/s1. The third-order valence-electron chi connectivity index (χ3n) is 6.08. The van der Waals surface area contributed by atoms with Crippen LogP contribution in [0.15, 0.2) is 30.5 Å². The van der Waals surface area contributed by atoms with Crippen LogP contribution in [0.3, 0.4) is 0 Å². The molecular weight excluding hydrogens is 482 g/mol. The number of hydrogen-bond acceptors (Lipinski definition) is 11. The minimum Gasteiger partial charge on any atom is -0.507 e. The van der Waals surface area contributed by atoms with E-state index in [-0.39, 0.29) is 17.7 Å². The zero-order valence-corrected chi connectivity index (χ0v) is 19.1. The lowest BCUT2D eigenvalue weighted by Crippen LogP contribution is -2.38. The van der Waals surface area contributed by atoms with Crippen molar-refractivity contribution in [2.24, 2.45) is 0 Å². The number of aromatic hydroxyl groups is 1. The van der Waals surface area contributed by atoms with Gasteiger partial charge in [-0.3, -0.25) is 13.5 Å². The summed E-state index contributed by atoms with van der Waals surface area (Å²) in [4.78, 5) is 21.6. The lowest BCUT2D eigenvalue weighted by molar-refractivity contribution is -0.0481. The summed E-state index contributed by atoms with van der Waals surface area (Å²) >= 11 is 0. The van der Waals surface area contributed by atoms with Gasteiger partial charge < -0.3 is 25.8 Å². The maximum atomic E-state index is 12.7. The number of anilines is 1. The van der Waals surface area contributed by atoms with Crippen molar-refractivity contribution in [3.63, 3.8) is 0 Å². The summed E-state index contributed by atoms with van der Waals surface area (Å²) < 4.78 is 38.7. The first-order valence-electron chi connectivity index (χ1n) is 10.8. The predicted octanol–water partition coefficient (Wildman–Crippen LogP) is -0.482. The van der Waals surface area contributed by atoms with Crippen LogP contribution in [0, 0.1) is 0 Å². The van der Waals surface area contributed by atoms with Gasteiger partial charge in [0.25, 0.3) is 5.91 Å². The quantitative estimate of drug-likeness (QED) is 0.264. The number of phenols is 1. The van der Waals surface area contributed by atoms with Gasteiger partial charge in [0.05, 0.1) is 17.9 Å². The summed E-state index contributed by atoms with van der Waals surface area (Å²) in [5, 5.41) is 31.5. The molecule has 1 saturated heterocycles. The zero-order valence-electron chi connectivity index (χ0n) is 18.2. The van der Waals surface area contributed by atoms with Crippen molar-refractivity contribution in [3.05, 3.63) is 47.4 Å². The van der Waals surface area contributed by atoms with Gasteiger partial charge in [0.2, 0.25) is 0 Å². The van der Waals surface area contributed by atoms with Crippen LogP contribution < -0.4 is 10.5 Å². The van der Waals surface area contributed by atoms with Gasteiger partial charge in [0.15, 0.2) is 11.9 Å². The van der Waals surface area contributed by atoms with E-state index in [4.69, 9.17) is 14.7 Å². The second-order valence-corrected chi connectivity index (χ2v) is 9.70. The van der Waals surface area contributed by atoms with Crippen LogP contribution in [0.2, 0.25) is 0 Å². The van der Waals surface area contributed by atoms with E-state index in [1.54, 1.807) is 22.9 Å². The molecule has 5 rings (SSSR count). The van der Waals surface area contributed by atoms with Gasteiger partial charge in [-0.1, -0.05) is 12.1 Å². The third-order valence-corrected chi connectivity index (χ3v) is 6.96. The van der Waals surface area contributed by atoms with Crippen molar-refractivity contribution in [1.82, 2.24) is 19.3 Å². The fourth-order valence-corrected chi connectivity index (χ4v) is 5.12. The molecule has 14 heteroatoms. The number of rotatable bonds is 0. The number of nitrogens with two attached hydrogens (primary N) is 1. The Morgan fingerprint density at radius 2 is 1.97 bits per heavy atom. The molecule has 0 radical (unpaired) electrons. The van der Waals surface area contributed by atoms with Gasteiger partial charge >= 0.3 is 10.3 Å². The number of phenolic OH excluding ortho intramolecular Hbond substituents is 1. The molecule has 186 valence electrons. The predicted molar refractivity (Wildman–Crippen MR) is 120 cm³/mol. The summed E-state index contributed by atoms with van der Waals surface area (Å²) in [5.74, 6) is -0.996. The molecular formula is C21H23N5O8S. The number of benzene rings is 1. The number of nitrogens with one attached hydrogen (secondary N) is 1. The van der Waals surface area contributed by atoms with Gasteiger partial charge in [-0.25, -0.2) is 14.7 Å². The second kappa shape index (κ2) is 8.73. The zero-order chi connectivity index (χ0) is 24.9. The first-order valence-corrected chi connectivity index (χ1v) is 12.2. The lowest BCUT2D eigenvalue weighted by atomic mass is 10.0. The van der Waals surface area contributed by atoms with E-state index in [1.807, 2.05) is 0 Å². The Morgan fingerprint density at radius 1 is 1.17 bits per heavy atom. The molecule has 3 aromatic rings. The van der Waals surface area contributed by atoms with Crippen molar-refractivity contribution in [2.75, 3.05) is 12.3 Å². The van der Waals surface area contributed by atoms with Gasteiger partial charge in [-0.2, -0.15) is 8.42 Å². The van der Waals surface area contributed by atoms with Crippen molar-refractivity contribution in [3.8, 4) is 5.75 Å². The molecule has 4 atom stereocenters. The Hall–Kier alpha value is -3.30. The molecule has 2 bridgehead atoms. The number of imidazole rings is 1. The third kappa shape index (κ3) is 4.19. The highest BCUT2D eigenvalue weighted by Crippen LogP contribution is 2.35. The average Bonchev–Trinajstić information content (AvgIpc) is 3.29. The number of carbonyl (C=O) groups excluding carboxylic acids is 1. The summed E-state index contributed by atoms with van der Waals surface area (Å²) in [5.41, 5.74) is 7.36. The van der Waals surface area contributed by atoms with E-state index in [0.717, 1.165) is 0 Å². The molecule has 35 heavy (non-hydrogen) atoms. The maximum absolute atomic E-state index is 12.7. The average molecular weight is 506 g/mol. The number of ether oxygens (including phenoxy) is 1. The van der Waals surface area contributed by atoms with E-state index in [9.17, 15) is 28.5 Å². The number of amides is 1. The normalized spacial score (nSPS) is 26.9. The summed E-state index contributed by atoms with van der Waals surface area (Å²) in [6.07, 6.45) is -2.85. The molecule has 4 heterocycles. The molecule has 0 aliphatic carbocycles.